The zero-order valence-corrected chi connectivity index (χ0v) is 19.8. The van der Waals surface area contributed by atoms with Gasteiger partial charge in [0, 0.05) is 31.8 Å². The summed E-state index contributed by atoms with van der Waals surface area (Å²) >= 11 is 5.85. The van der Waals surface area contributed by atoms with Crippen molar-refractivity contribution in [1.29, 1.82) is 0 Å². The van der Waals surface area contributed by atoms with Crippen LogP contribution in [0, 0.1) is 5.82 Å². The van der Waals surface area contributed by atoms with Crippen LogP contribution < -0.4 is 15.8 Å². The number of hydrogen-bond donors (Lipinski definition) is 2. The van der Waals surface area contributed by atoms with Gasteiger partial charge in [-0.25, -0.2) is 19.2 Å². The second-order valence-electron chi connectivity index (χ2n) is 8.46. The summed E-state index contributed by atoms with van der Waals surface area (Å²) in [5.74, 6) is -1.41. The highest BCUT2D eigenvalue weighted by Gasteiger charge is 2.27. The molecule has 0 saturated carbocycles. The fraction of sp³-hybridized carbons (Fsp3) is 0.261. The van der Waals surface area contributed by atoms with Gasteiger partial charge < -0.3 is 15.3 Å². The normalized spacial score (nSPS) is 13.8. The van der Waals surface area contributed by atoms with E-state index in [1.165, 1.54) is 28.8 Å². The summed E-state index contributed by atoms with van der Waals surface area (Å²) in [6.07, 6.45) is 1.79. The van der Waals surface area contributed by atoms with Crippen molar-refractivity contribution in [2.75, 3.05) is 10.2 Å². The molecule has 1 aliphatic rings. The lowest BCUT2D eigenvalue weighted by atomic mass is 10.0. The second kappa shape index (κ2) is 8.35. The minimum absolute atomic E-state index is 0.0356. The predicted octanol–water partition coefficient (Wildman–Crippen LogP) is 3.25. The van der Waals surface area contributed by atoms with E-state index in [1.807, 2.05) is 11.9 Å². The molecule has 1 aliphatic heterocycles. The Labute approximate surface area is 203 Å². The molecular weight excluding hydrogens is 477 g/mol. The zero-order valence-electron chi connectivity index (χ0n) is 19.1. The van der Waals surface area contributed by atoms with Gasteiger partial charge in [0.05, 0.1) is 41.1 Å². The van der Waals surface area contributed by atoms with Crippen LogP contribution in [0.5, 0.6) is 0 Å². The number of hydrogen-bond acceptors (Lipinski definition) is 7. The molecule has 0 fully saturated rings. The fourth-order valence-electron chi connectivity index (χ4n) is 4.42. The number of pyridine rings is 1. The largest absolute Gasteiger partial charge is 0.476 e. The average Bonchev–Trinajstić information content (AvgIpc) is 3.39. The number of carbonyl (C=O) groups is 1. The third-order valence-corrected chi connectivity index (χ3v) is 6.40. The van der Waals surface area contributed by atoms with Crippen LogP contribution in [-0.4, -0.2) is 35.4 Å². The van der Waals surface area contributed by atoms with E-state index in [1.54, 1.807) is 24.9 Å². The maximum Gasteiger partial charge on any atom is 0.356 e. The third kappa shape index (κ3) is 3.87. The highest BCUT2D eigenvalue weighted by molar-refractivity contribution is 6.29. The van der Waals surface area contributed by atoms with E-state index in [0.717, 1.165) is 11.3 Å². The first-order valence-corrected chi connectivity index (χ1v) is 11.1. The minimum Gasteiger partial charge on any atom is -0.476 e. The Bertz CT molecular complexity index is 1570. The van der Waals surface area contributed by atoms with Gasteiger partial charge in [-0.2, -0.15) is 5.10 Å². The second-order valence-corrected chi connectivity index (χ2v) is 8.85. The van der Waals surface area contributed by atoms with E-state index in [4.69, 9.17) is 16.6 Å². The summed E-state index contributed by atoms with van der Waals surface area (Å²) < 4.78 is 17.8. The first kappa shape index (κ1) is 22.8. The Morgan fingerprint density at radius 3 is 2.71 bits per heavy atom. The first-order valence-electron chi connectivity index (χ1n) is 10.7. The summed E-state index contributed by atoms with van der Waals surface area (Å²) in [6.45, 7) is 2.79. The minimum atomic E-state index is -1.26. The smallest absolute Gasteiger partial charge is 0.356 e. The monoisotopic (exact) mass is 497 g/mol. The van der Waals surface area contributed by atoms with Crippen LogP contribution in [0.3, 0.4) is 0 Å². The van der Waals surface area contributed by atoms with Crippen molar-refractivity contribution in [3.63, 3.8) is 0 Å². The first-order chi connectivity index (χ1) is 16.6. The molecule has 0 spiro atoms. The molecule has 0 bridgehead atoms. The lowest BCUT2D eigenvalue weighted by Gasteiger charge is -2.23. The van der Waals surface area contributed by atoms with Gasteiger partial charge in [0.25, 0.3) is 5.56 Å². The van der Waals surface area contributed by atoms with Gasteiger partial charge in [0.1, 0.15) is 11.0 Å². The molecule has 0 aliphatic carbocycles. The molecule has 0 amide bonds. The molecule has 0 saturated heterocycles. The summed E-state index contributed by atoms with van der Waals surface area (Å²) in [6, 6.07) is 4.80. The van der Waals surface area contributed by atoms with Crippen molar-refractivity contribution in [2.24, 2.45) is 14.1 Å². The maximum absolute atomic E-state index is 14.6. The average molecular weight is 498 g/mol. The van der Waals surface area contributed by atoms with Gasteiger partial charge in [-0.05, 0) is 31.2 Å². The Balaban J connectivity index is 1.60. The standard InChI is InChI=1S/C23H21ClFN7O3/c1-11(27-16-4-5-18(24)28-20(16)22(34)35)14-6-13(25)7-15-19(14)29-23(30(2)21(15)33)32-9-12-8-26-31(3)17(12)10-32/h4-8,11,27H,9-10H2,1-3H3,(H,34,35). The molecule has 2 N–H and O–H groups in total. The van der Waals surface area contributed by atoms with E-state index in [0.29, 0.717) is 30.1 Å². The number of aromatic carboxylic acids is 1. The Kier molecular flexibility index (Phi) is 5.43. The number of nitrogens with zero attached hydrogens (tertiary/aromatic N) is 6. The molecule has 1 unspecified atom stereocenters. The highest BCUT2D eigenvalue weighted by Crippen LogP contribution is 2.31. The van der Waals surface area contributed by atoms with Crippen molar-refractivity contribution < 1.29 is 14.3 Å². The molecule has 0 radical (unpaired) electrons. The van der Waals surface area contributed by atoms with Crippen molar-refractivity contribution in [2.45, 2.75) is 26.1 Å². The molecule has 1 aromatic carbocycles. The van der Waals surface area contributed by atoms with Gasteiger partial charge in [-0.15, -0.1) is 0 Å². The van der Waals surface area contributed by atoms with Gasteiger partial charge in [-0.3, -0.25) is 14.0 Å². The molecule has 12 heteroatoms. The topological polar surface area (TPSA) is 118 Å². The van der Waals surface area contributed by atoms with E-state index >= 15 is 0 Å². The molecule has 10 nitrogen and oxygen atoms in total. The molecule has 1 atom stereocenters. The molecule has 35 heavy (non-hydrogen) atoms. The number of carboxylic acids is 1. The van der Waals surface area contributed by atoms with Gasteiger partial charge in [0.2, 0.25) is 5.95 Å². The summed E-state index contributed by atoms with van der Waals surface area (Å²) in [4.78, 5) is 35.5. The molecule has 3 aromatic heterocycles. The van der Waals surface area contributed by atoms with Crippen molar-refractivity contribution in [3.8, 4) is 0 Å². The number of carboxylic acid groups (broad SMARTS) is 1. The molecule has 4 aromatic rings. The van der Waals surface area contributed by atoms with Crippen molar-refractivity contribution in [1.82, 2.24) is 24.3 Å². The number of rotatable bonds is 5. The number of fused-ring (bicyclic) bond motifs is 2. The van der Waals surface area contributed by atoms with Crippen LogP contribution in [0.25, 0.3) is 10.9 Å². The number of aromatic nitrogens is 5. The van der Waals surface area contributed by atoms with Crippen LogP contribution in [0.15, 0.2) is 35.3 Å². The van der Waals surface area contributed by atoms with E-state index < -0.39 is 17.8 Å². The zero-order chi connectivity index (χ0) is 25.0. The van der Waals surface area contributed by atoms with Gasteiger partial charge in [0.15, 0.2) is 5.69 Å². The number of aryl methyl sites for hydroxylation is 1. The number of nitrogens with one attached hydrogen (secondary N) is 1. The van der Waals surface area contributed by atoms with E-state index in [9.17, 15) is 19.1 Å². The predicted molar refractivity (Wildman–Crippen MR) is 128 cm³/mol. The van der Waals surface area contributed by atoms with Gasteiger partial charge >= 0.3 is 5.97 Å². The van der Waals surface area contributed by atoms with Crippen LogP contribution in [0.4, 0.5) is 16.0 Å². The summed E-state index contributed by atoms with van der Waals surface area (Å²) in [5, 5.41) is 17.0. The SMILES string of the molecule is CC(Nc1ccc(Cl)nc1C(=O)O)c1cc(F)cc2c(=O)n(C)c(N3Cc4cnn(C)c4C3)nc12. The quantitative estimate of drug-likeness (QED) is 0.403. The summed E-state index contributed by atoms with van der Waals surface area (Å²) in [5.41, 5.74) is 2.38. The molecular formula is C23H21ClFN7O3. The third-order valence-electron chi connectivity index (χ3n) is 6.19. The van der Waals surface area contributed by atoms with Crippen molar-refractivity contribution >= 4 is 40.1 Å². The van der Waals surface area contributed by atoms with Crippen LogP contribution in [-0.2, 0) is 27.2 Å². The van der Waals surface area contributed by atoms with Crippen LogP contribution in [0.2, 0.25) is 5.15 Å². The Hall–Kier alpha value is -3.99. The molecule has 4 heterocycles. The summed E-state index contributed by atoms with van der Waals surface area (Å²) in [7, 11) is 3.47. The fourth-order valence-corrected chi connectivity index (χ4v) is 4.57. The lowest BCUT2D eigenvalue weighted by Crippen LogP contribution is -2.29. The van der Waals surface area contributed by atoms with Crippen LogP contribution >= 0.6 is 11.6 Å². The number of anilines is 2. The van der Waals surface area contributed by atoms with E-state index in [-0.39, 0.29) is 27.5 Å². The van der Waals surface area contributed by atoms with E-state index in [2.05, 4.69) is 15.4 Å². The van der Waals surface area contributed by atoms with Gasteiger partial charge in [-0.1, -0.05) is 11.6 Å². The maximum atomic E-state index is 14.6. The Morgan fingerprint density at radius 2 is 2.00 bits per heavy atom. The Morgan fingerprint density at radius 1 is 1.23 bits per heavy atom. The molecule has 180 valence electrons. The number of benzene rings is 1. The highest BCUT2D eigenvalue weighted by atomic mass is 35.5. The lowest BCUT2D eigenvalue weighted by molar-refractivity contribution is 0.0691. The van der Waals surface area contributed by atoms with Crippen LogP contribution in [0.1, 0.15) is 40.3 Å². The van der Waals surface area contributed by atoms with Crippen molar-refractivity contribution in [3.05, 3.63) is 74.3 Å². The molecule has 5 rings (SSSR count). The number of halogens is 2.